The van der Waals surface area contributed by atoms with Gasteiger partial charge in [0, 0.05) is 37.8 Å². The molecule has 0 saturated heterocycles. The molecule has 0 radical (unpaired) electrons. The Labute approximate surface area is 180 Å². The first-order chi connectivity index (χ1) is 14.5. The topological polar surface area (TPSA) is 60.3 Å². The quantitative estimate of drug-likeness (QED) is 0.725. The minimum atomic E-state index is 0.112. The van der Waals surface area contributed by atoms with Crippen LogP contribution >= 0.6 is 0 Å². The molecule has 1 aromatic carbocycles. The first-order valence-corrected chi connectivity index (χ1v) is 10.8. The number of aryl methyl sites for hydroxylation is 1. The van der Waals surface area contributed by atoms with Gasteiger partial charge in [0.25, 0.3) is 0 Å². The molecule has 0 bridgehead atoms. The van der Waals surface area contributed by atoms with E-state index in [0.29, 0.717) is 13.1 Å². The number of amides is 1. The van der Waals surface area contributed by atoms with Crippen molar-refractivity contribution in [1.29, 1.82) is 0 Å². The number of amidine groups is 1. The lowest BCUT2D eigenvalue weighted by Gasteiger charge is -2.36. The molecule has 2 heterocycles. The normalized spacial score (nSPS) is 17.3. The zero-order chi connectivity index (χ0) is 21.5. The maximum atomic E-state index is 12.0. The van der Waals surface area contributed by atoms with Crippen LogP contribution in [0.3, 0.4) is 0 Å². The summed E-state index contributed by atoms with van der Waals surface area (Å²) >= 11 is 0. The van der Waals surface area contributed by atoms with Crippen molar-refractivity contribution in [3.05, 3.63) is 53.1 Å². The average molecular weight is 408 g/mol. The van der Waals surface area contributed by atoms with Crippen molar-refractivity contribution in [3.8, 4) is 0 Å². The monoisotopic (exact) mass is 407 g/mol. The highest BCUT2D eigenvalue weighted by molar-refractivity contribution is 6.09. The molecular formula is C24H33N5O. The molecule has 2 aliphatic rings. The number of nitrogens with one attached hydrogen (secondary N) is 1. The maximum Gasteiger partial charge on any atom is 0.219 e. The van der Waals surface area contributed by atoms with Crippen molar-refractivity contribution in [2.24, 2.45) is 10.1 Å². The fraction of sp³-hybridized carbons (Fsp3) is 0.458. The molecule has 3 rings (SSSR count). The van der Waals surface area contributed by atoms with Gasteiger partial charge in [-0.05, 0) is 56.0 Å². The summed E-state index contributed by atoms with van der Waals surface area (Å²) < 4.78 is 0. The molecule has 0 aromatic heterocycles. The molecule has 0 fully saturated rings. The lowest BCUT2D eigenvalue weighted by molar-refractivity contribution is -0.128. The summed E-state index contributed by atoms with van der Waals surface area (Å²) in [6.45, 7) is 11.5. The van der Waals surface area contributed by atoms with Crippen LogP contribution in [-0.2, 0) is 4.79 Å². The SMILES string of the molecule is C/C=C\C(CN1CC2=C(CN(C(C)=O)CC2)C(Nc2cccc(C)c2)=N1)=N/CCC. The van der Waals surface area contributed by atoms with E-state index >= 15 is 0 Å². The first kappa shape index (κ1) is 21.8. The van der Waals surface area contributed by atoms with E-state index in [-0.39, 0.29) is 5.91 Å². The summed E-state index contributed by atoms with van der Waals surface area (Å²) in [5.41, 5.74) is 5.75. The number of allylic oxidation sites excluding steroid dienone is 1. The number of hydrazone groups is 1. The van der Waals surface area contributed by atoms with Crippen LogP contribution in [0.15, 0.2) is 57.7 Å². The third-order valence-electron chi connectivity index (χ3n) is 5.33. The lowest BCUT2D eigenvalue weighted by atomic mass is 9.97. The van der Waals surface area contributed by atoms with Crippen molar-refractivity contribution in [3.63, 3.8) is 0 Å². The molecule has 0 spiro atoms. The summed E-state index contributed by atoms with van der Waals surface area (Å²) in [5.74, 6) is 0.948. The Morgan fingerprint density at radius 1 is 1.33 bits per heavy atom. The van der Waals surface area contributed by atoms with E-state index in [1.54, 1.807) is 6.92 Å². The van der Waals surface area contributed by atoms with Crippen LogP contribution in [0.5, 0.6) is 0 Å². The third kappa shape index (κ3) is 5.59. The summed E-state index contributed by atoms with van der Waals surface area (Å²) in [6, 6.07) is 8.28. The zero-order valence-electron chi connectivity index (χ0n) is 18.6. The van der Waals surface area contributed by atoms with E-state index in [1.165, 1.54) is 11.1 Å². The van der Waals surface area contributed by atoms with E-state index in [0.717, 1.165) is 55.3 Å². The van der Waals surface area contributed by atoms with Gasteiger partial charge >= 0.3 is 0 Å². The van der Waals surface area contributed by atoms with Gasteiger partial charge in [-0.15, -0.1) is 0 Å². The Morgan fingerprint density at radius 2 is 2.17 bits per heavy atom. The molecule has 160 valence electrons. The van der Waals surface area contributed by atoms with Gasteiger partial charge < -0.3 is 10.2 Å². The van der Waals surface area contributed by atoms with Gasteiger partial charge in [0.05, 0.1) is 18.8 Å². The Hall–Kier alpha value is -2.89. The molecule has 0 saturated carbocycles. The van der Waals surface area contributed by atoms with Gasteiger partial charge in [0.2, 0.25) is 5.91 Å². The largest absolute Gasteiger partial charge is 0.339 e. The van der Waals surface area contributed by atoms with Gasteiger partial charge in [-0.2, -0.15) is 5.10 Å². The number of aliphatic imine (C=N–C) groups is 1. The highest BCUT2D eigenvalue weighted by atomic mass is 16.2. The summed E-state index contributed by atoms with van der Waals surface area (Å²) in [7, 11) is 0. The highest BCUT2D eigenvalue weighted by Crippen LogP contribution is 2.26. The fourth-order valence-corrected chi connectivity index (χ4v) is 3.79. The highest BCUT2D eigenvalue weighted by Gasteiger charge is 2.29. The molecule has 0 atom stereocenters. The molecule has 1 aromatic rings. The molecule has 6 nitrogen and oxygen atoms in total. The molecule has 0 unspecified atom stereocenters. The maximum absolute atomic E-state index is 12.0. The number of benzene rings is 1. The van der Waals surface area contributed by atoms with E-state index < -0.39 is 0 Å². The van der Waals surface area contributed by atoms with Crippen LogP contribution < -0.4 is 5.32 Å². The van der Waals surface area contributed by atoms with Crippen LogP contribution in [0.2, 0.25) is 0 Å². The van der Waals surface area contributed by atoms with E-state index in [2.05, 4.69) is 42.4 Å². The average Bonchev–Trinajstić information content (AvgIpc) is 2.72. The number of carbonyl (C=O) groups excluding carboxylic acids is 1. The van der Waals surface area contributed by atoms with Gasteiger partial charge in [-0.3, -0.25) is 14.8 Å². The Bertz CT molecular complexity index is 897. The Kier molecular flexibility index (Phi) is 7.44. The van der Waals surface area contributed by atoms with Crippen molar-refractivity contribution in [2.75, 3.05) is 38.0 Å². The number of rotatable bonds is 6. The predicted octanol–water partition coefficient (Wildman–Crippen LogP) is 4.01. The number of nitrogens with zero attached hydrogens (tertiary/aromatic N) is 4. The molecular weight excluding hydrogens is 374 g/mol. The van der Waals surface area contributed by atoms with Crippen LogP contribution in [0.1, 0.15) is 39.2 Å². The van der Waals surface area contributed by atoms with E-state index in [1.807, 2.05) is 30.0 Å². The minimum Gasteiger partial charge on any atom is -0.339 e. The summed E-state index contributed by atoms with van der Waals surface area (Å²) in [5, 5.41) is 10.5. The van der Waals surface area contributed by atoms with E-state index in [4.69, 9.17) is 10.1 Å². The first-order valence-electron chi connectivity index (χ1n) is 10.8. The molecule has 1 amide bonds. The van der Waals surface area contributed by atoms with Gasteiger partial charge in [-0.25, -0.2) is 0 Å². The van der Waals surface area contributed by atoms with Crippen LogP contribution in [0.25, 0.3) is 0 Å². The Balaban J connectivity index is 1.88. The lowest BCUT2D eigenvalue weighted by Crippen LogP contribution is -2.44. The zero-order valence-corrected chi connectivity index (χ0v) is 18.6. The second kappa shape index (κ2) is 10.2. The molecule has 0 aliphatic carbocycles. The standard InChI is InChI=1S/C24H33N5O/c1-5-8-22(25-12-6-2)16-29-15-20-11-13-28(19(4)30)17-23(20)24(27-29)26-21-10-7-9-18(3)14-21/h5,7-10,14H,6,11-13,15-17H2,1-4H3,(H,26,27)/b8-5-,25-22+. The van der Waals surface area contributed by atoms with Crippen molar-refractivity contribution in [2.45, 2.75) is 40.5 Å². The van der Waals surface area contributed by atoms with Crippen molar-refractivity contribution < 1.29 is 4.79 Å². The van der Waals surface area contributed by atoms with Crippen LogP contribution in [0.4, 0.5) is 5.69 Å². The second-order valence-corrected chi connectivity index (χ2v) is 7.91. The van der Waals surface area contributed by atoms with Gasteiger partial charge in [0.15, 0.2) is 5.84 Å². The molecule has 30 heavy (non-hydrogen) atoms. The number of hydrogen-bond donors (Lipinski definition) is 1. The van der Waals surface area contributed by atoms with E-state index in [9.17, 15) is 4.79 Å². The molecule has 6 heteroatoms. The second-order valence-electron chi connectivity index (χ2n) is 7.91. The Morgan fingerprint density at radius 3 is 2.87 bits per heavy atom. The van der Waals surface area contributed by atoms with Crippen LogP contribution in [-0.4, -0.2) is 60.1 Å². The summed E-state index contributed by atoms with van der Waals surface area (Å²) in [4.78, 5) is 18.6. The third-order valence-corrected chi connectivity index (χ3v) is 5.33. The summed E-state index contributed by atoms with van der Waals surface area (Å²) in [6.07, 6.45) is 6.01. The fourth-order valence-electron chi connectivity index (χ4n) is 3.79. The van der Waals surface area contributed by atoms with Gasteiger partial charge in [-0.1, -0.05) is 25.1 Å². The molecule has 2 aliphatic heterocycles. The minimum absolute atomic E-state index is 0.112. The molecule has 1 N–H and O–H groups in total. The van der Waals surface area contributed by atoms with Crippen molar-refractivity contribution >= 4 is 23.1 Å². The number of anilines is 1. The van der Waals surface area contributed by atoms with Gasteiger partial charge in [0.1, 0.15) is 0 Å². The number of hydrogen-bond acceptors (Lipinski definition) is 5. The number of carbonyl (C=O) groups is 1. The van der Waals surface area contributed by atoms with Crippen LogP contribution in [0, 0.1) is 6.92 Å². The predicted molar refractivity (Wildman–Crippen MR) is 125 cm³/mol. The smallest absolute Gasteiger partial charge is 0.219 e. The van der Waals surface area contributed by atoms with Crippen molar-refractivity contribution in [1.82, 2.24) is 9.91 Å².